The predicted molar refractivity (Wildman–Crippen MR) is 88.0 cm³/mol. The number of carboxylic acids is 1. The Balaban J connectivity index is 1.88. The number of benzene rings is 1. The number of rotatable bonds is 4. The van der Waals surface area contributed by atoms with Crippen LogP contribution in [0.15, 0.2) is 43.0 Å². The highest BCUT2D eigenvalue weighted by molar-refractivity contribution is 6.31. The monoisotopic (exact) mass is 346 g/mol. The Morgan fingerprint density at radius 3 is 2.67 bits per heavy atom. The number of carbonyl (C=O) groups is 2. The highest BCUT2D eigenvalue weighted by Gasteiger charge is 2.34. The summed E-state index contributed by atoms with van der Waals surface area (Å²) < 4.78 is 1.50. The summed E-state index contributed by atoms with van der Waals surface area (Å²) in [5, 5.41) is 16.6. The van der Waals surface area contributed by atoms with Crippen LogP contribution in [-0.4, -0.2) is 31.7 Å². The molecule has 24 heavy (non-hydrogen) atoms. The number of nitrogens with one attached hydrogen (secondary N) is 1. The lowest BCUT2D eigenvalue weighted by Crippen LogP contribution is -2.35. The van der Waals surface area contributed by atoms with Crippen LogP contribution in [0.2, 0.25) is 5.02 Å². The van der Waals surface area contributed by atoms with Crippen molar-refractivity contribution in [3.63, 3.8) is 0 Å². The number of carboxylic acid groups (broad SMARTS) is 1. The first-order valence-corrected chi connectivity index (χ1v) is 7.77. The molecule has 0 saturated heterocycles. The highest BCUT2D eigenvalue weighted by Crippen LogP contribution is 2.29. The zero-order valence-corrected chi connectivity index (χ0v) is 13.3. The summed E-state index contributed by atoms with van der Waals surface area (Å²) in [6.45, 7) is 0. The third-order valence-electron chi connectivity index (χ3n) is 3.97. The smallest absolute Gasteiger partial charge is 0.307 e. The number of nitrogens with zero attached hydrogens (tertiary/aromatic N) is 3. The first-order valence-electron chi connectivity index (χ1n) is 7.39. The molecule has 1 heterocycles. The number of carbonyl (C=O) groups excluding carboxylic acids is 1. The number of aromatic nitrogens is 3. The van der Waals surface area contributed by atoms with Crippen molar-refractivity contribution in [2.24, 2.45) is 11.8 Å². The summed E-state index contributed by atoms with van der Waals surface area (Å²) >= 11 is 6.02. The van der Waals surface area contributed by atoms with E-state index in [0.717, 1.165) is 0 Å². The van der Waals surface area contributed by atoms with Gasteiger partial charge in [0.1, 0.15) is 12.7 Å². The van der Waals surface area contributed by atoms with Crippen molar-refractivity contribution in [1.29, 1.82) is 0 Å². The summed E-state index contributed by atoms with van der Waals surface area (Å²) in [6.07, 6.45) is 7.25. The SMILES string of the molecule is O=C(O)C1CC=CCC1C(=O)Nc1cc(Cl)ccc1-n1cncn1. The van der Waals surface area contributed by atoms with Gasteiger partial charge >= 0.3 is 5.97 Å². The average Bonchev–Trinajstić information content (AvgIpc) is 3.09. The number of allylic oxidation sites excluding steroid dienone is 2. The lowest BCUT2D eigenvalue weighted by Gasteiger charge is -2.24. The van der Waals surface area contributed by atoms with Crippen LogP contribution in [0.25, 0.3) is 5.69 Å². The van der Waals surface area contributed by atoms with Gasteiger partial charge in [-0.2, -0.15) is 5.10 Å². The summed E-state index contributed by atoms with van der Waals surface area (Å²) in [4.78, 5) is 27.9. The van der Waals surface area contributed by atoms with E-state index in [1.54, 1.807) is 24.3 Å². The van der Waals surface area contributed by atoms with Crippen LogP contribution in [-0.2, 0) is 9.59 Å². The molecule has 1 aromatic carbocycles. The third kappa shape index (κ3) is 3.30. The summed E-state index contributed by atoms with van der Waals surface area (Å²) in [5.74, 6) is -2.68. The third-order valence-corrected chi connectivity index (χ3v) is 4.20. The summed E-state index contributed by atoms with van der Waals surface area (Å²) in [6, 6.07) is 4.99. The number of hydrogen-bond donors (Lipinski definition) is 2. The molecule has 0 aliphatic heterocycles. The molecular formula is C16H15ClN4O3. The number of amides is 1. The Morgan fingerprint density at radius 1 is 1.25 bits per heavy atom. The van der Waals surface area contributed by atoms with Crippen molar-refractivity contribution in [3.8, 4) is 5.69 Å². The molecule has 2 aromatic rings. The van der Waals surface area contributed by atoms with E-state index < -0.39 is 17.8 Å². The van der Waals surface area contributed by atoms with E-state index in [2.05, 4.69) is 15.4 Å². The normalized spacial score (nSPS) is 19.9. The molecule has 1 amide bonds. The topological polar surface area (TPSA) is 97.1 Å². The van der Waals surface area contributed by atoms with Crippen molar-refractivity contribution in [2.75, 3.05) is 5.32 Å². The molecule has 0 fully saturated rings. The standard InChI is InChI=1S/C16H15ClN4O3/c17-10-5-6-14(21-9-18-8-19-21)13(7-10)20-15(22)11-3-1-2-4-12(11)16(23)24/h1-2,5-9,11-12H,3-4H2,(H,20,22)(H,23,24). The van der Waals surface area contributed by atoms with E-state index in [9.17, 15) is 14.7 Å². The number of halogens is 1. The Bertz CT molecular complexity index is 789. The van der Waals surface area contributed by atoms with Crippen LogP contribution in [0.1, 0.15) is 12.8 Å². The van der Waals surface area contributed by atoms with Crippen molar-refractivity contribution in [1.82, 2.24) is 14.8 Å². The summed E-state index contributed by atoms with van der Waals surface area (Å²) in [5.41, 5.74) is 1.06. The van der Waals surface area contributed by atoms with E-state index in [1.165, 1.54) is 17.3 Å². The fourth-order valence-electron chi connectivity index (χ4n) is 2.74. The van der Waals surface area contributed by atoms with Crippen molar-refractivity contribution >= 4 is 29.2 Å². The molecule has 7 nitrogen and oxygen atoms in total. The second-order valence-electron chi connectivity index (χ2n) is 5.48. The van der Waals surface area contributed by atoms with Crippen LogP contribution in [0.5, 0.6) is 0 Å². The van der Waals surface area contributed by atoms with Crippen molar-refractivity contribution < 1.29 is 14.7 Å². The van der Waals surface area contributed by atoms with Gasteiger partial charge in [0.25, 0.3) is 0 Å². The lowest BCUT2D eigenvalue weighted by molar-refractivity contribution is -0.146. The van der Waals surface area contributed by atoms with E-state index in [-0.39, 0.29) is 5.91 Å². The quantitative estimate of drug-likeness (QED) is 0.829. The van der Waals surface area contributed by atoms with Crippen LogP contribution in [0.3, 0.4) is 0 Å². The van der Waals surface area contributed by atoms with Gasteiger partial charge in [-0.1, -0.05) is 23.8 Å². The fourth-order valence-corrected chi connectivity index (χ4v) is 2.92. The van der Waals surface area contributed by atoms with E-state index >= 15 is 0 Å². The maximum atomic E-state index is 12.6. The molecule has 2 unspecified atom stereocenters. The van der Waals surface area contributed by atoms with Gasteiger partial charge in [0.15, 0.2) is 0 Å². The van der Waals surface area contributed by atoms with Crippen molar-refractivity contribution in [2.45, 2.75) is 12.8 Å². The molecule has 0 spiro atoms. The molecule has 8 heteroatoms. The van der Waals surface area contributed by atoms with Crippen LogP contribution in [0, 0.1) is 11.8 Å². The molecule has 2 atom stereocenters. The minimum atomic E-state index is -0.970. The van der Waals surface area contributed by atoms with Crippen LogP contribution < -0.4 is 5.32 Å². The maximum Gasteiger partial charge on any atom is 0.307 e. The van der Waals surface area contributed by atoms with E-state index in [0.29, 0.717) is 29.2 Å². The summed E-state index contributed by atoms with van der Waals surface area (Å²) in [7, 11) is 0. The second kappa shape index (κ2) is 6.84. The molecule has 1 aromatic heterocycles. The van der Waals surface area contributed by atoms with E-state index in [4.69, 9.17) is 11.6 Å². The molecule has 0 bridgehead atoms. The molecule has 0 saturated carbocycles. The molecular weight excluding hydrogens is 332 g/mol. The Kier molecular flexibility index (Phi) is 4.61. The average molecular weight is 347 g/mol. The van der Waals surface area contributed by atoms with Crippen LogP contribution >= 0.6 is 11.6 Å². The Hall–Kier alpha value is -2.67. The van der Waals surface area contributed by atoms with Gasteiger partial charge in [-0.05, 0) is 31.0 Å². The molecule has 3 rings (SSSR count). The fraction of sp³-hybridized carbons (Fsp3) is 0.250. The number of anilines is 1. The minimum Gasteiger partial charge on any atom is -0.481 e. The molecule has 124 valence electrons. The zero-order valence-electron chi connectivity index (χ0n) is 12.6. The van der Waals surface area contributed by atoms with Gasteiger partial charge in [-0.15, -0.1) is 0 Å². The highest BCUT2D eigenvalue weighted by atomic mass is 35.5. The van der Waals surface area contributed by atoms with Gasteiger partial charge < -0.3 is 10.4 Å². The second-order valence-corrected chi connectivity index (χ2v) is 5.92. The number of hydrogen-bond acceptors (Lipinski definition) is 4. The lowest BCUT2D eigenvalue weighted by atomic mass is 9.82. The Labute approximate surface area is 143 Å². The maximum absolute atomic E-state index is 12.6. The first-order chi connectivity index (χ1) is 11.6. The predicted octanol–water partition coefficient (Wildman–Crippen LogP) is 2.53. The van der Waals surface area contributed by atoms with Crippen LogP contribution in [0.4, 0.5) is 5.69 Å². The Morgan fingerprint density at radius 2 is 2.00 bits per heavy atom. The van der Waals surface area contributed by atoms with Gasteiger partial charge in [0.05, 0.1) is 23.2 Å². The van der Waals surface area contributed by atoms with Gasteiger partial charge in [0, 0.05) is 5.02 Å². The molecule has 2 N–H and O–H groups in total. The molecule has 1 aliphatic rings. The minimum absolute atomic E-state index is 0.346. The zero-order chi connectivity index (χ0) is 17.1. The number of aliphatic carboxylic acids is 1. The van der Waals surface area contributed by atoms with Gasteiger partial charge in [-0.25, -0.2) is 9.67 Å². The van der Waals surface area contributed by atoms with Gasteiger partial charge in [-0.3, -0.25) is 9.59 Å². The molecule has 0 radical (unpaired) electrons. The van der Waals surface area contributed by atoms with E-state index in [1.807, 2.05) is 6.08 Å². The van der Waals surface area contributed by atoms with Gasteiger partial charge in [0.2, 0.25) is 5.91 Å². The molecule has 1 aliphatic carbocycles. The first kappa shape index (κ1) is 16.2. The largest absolute Gasteiger partial charge is 0.481 e. The van der Waals surface area contributed by atoms with Crippen molar-refractivity contribution in [3.05, 3.63) is 48.0 Å².